The molecule has 2 heteroatoms. The van der Waals surface area contributed by atoms with Crippen molar-refractivity contribution in [2.75, 3.05) is 25.7 Å². The first-order valence-corrected chi connectivity index (χ1v) is 11.6. The molecule has 0 aromatic carbocycles. The molecule has 0 aliphatic rings. The molecule has 0 nitrogen and oxygen atoms in total. The topological polar surface area (TPSA) is 0 Å². The first-order chi connectivity index (χ1) is 6.39. The predicted molar refractivity (Wildman–Crippen MR) is 76.5 cm³/mol. The van der Waals surface area contributed by atoms with Gasteiger partial charge in [-0.2, -0.15) is 0 Å². The molecule has 0 aromatic heterocycles. The van der Waals surface area contributed by atoms with Gasteiger partial charge in [0.2, 0.25) is 0 Å². The molecule has 14 heavy (non-hydrogen) atoms. The third-order valence-electron chi connectivity index (χ3n) is 3.18. The van der Waals surface area contributed by atoms with Gasteiger partial charge in [-0.25, -0.2) is 0 Å². The second-order valence-corrected chi connectivity index (χ2v) is 18.7. The molecule has 0 fully saturated rings. The summed E-state index contributed by atoms with van der Waals surface area (Å²) in [7, 11) is 0. The van der Waals surface area contributed by atoms with Crippen LogP contribution in [0.3, 0.4) is 0 Å². The van der Waals surface area contributed by atoms with Crippen LogP contribution in [0.25, 0.3) is 0 Å². The van der Waals surface area contributed by atoms with Gasteiger partial charge in [0.25, 0.3) is 0 Å². The van der Waals surface area contributed by atoms with Gasteiger partial charge >= 0.3 is 98.8 Å². The maximum atomic E-state index is 4.00. The number of rotatable bonds is 8. The second kappa shape index (κ2) is 6.48. The van der Waals surface area contributed by atoms with Crippen molar-refractivity contribution in [3.63, 3.8) is 0 Å². The average Bonchev–Trinajstić information content (AvgIpc) is 2.11. The number of hydrogen-bond donors (Lipinski definition) is 0. The van der Waals surface area contributed by atoms with Crippen molar-refractivity contribution < 1.29 is 0 Å². The molecule has 0 unspecified atom stereocenters. The normalized spacial score (nSPS) is 15.1. The summed E-state index contributed by atoms with van der Waals surface area (Å²) in [6, 6.07) is 0. The van der Waals surface area contributed by atoms with Crippen LogP contribution in [0.5, 0.6) is 0 Å². The van der Waals surface area contributed by atoms with E-state index >= 15 is 0 Å². The quantitative estimate of drug-likeness (QED) is 0.408. The van der Waals surface area contributed by atoms with Crippen LogP contribution in [0, 0.1) is 0 Å². The minimum atomic E-state index is -1.39. The molecule has 0 amide bonds. The summed E-state index contributed by atoms with van der Waals surface area (Å²) in [5, 5.41) is -1.39. The van der Waals surface area contributed by atoms with E-state index in [1.807, 2.05) is 0 Å². The molecule has 0 N–H and O–H groups in total. The van der Waals surface area contributed by atoms with Crippen molar-refractivity contribution in [2.24, 2.45) is 0 Å². The molecular weight excluding hydrogens is 255 g/mol. The van der Waals surface area contributed by atoms with E-state index < -0.39 is 5.31 Å². The van der Waals surface area contributed by atoms with E-state index in [4.69, 9.17) is 0 Å². The fourth-order valence-corrected chi connectivity index (χ4v) is 3.81. The molecule has 0 saturated carbocycles. The Morgan fingerprint density at radius 2 is 1.36 bits per heavy atom. The summed E-state index contributed by atoms with van der Waals surface area (Å²) < 4.78 is 0. The zero-order chi connectivity index (χ0) is 11.1. The van der Waals surface area contributed by atoms with Crippen LogP contribution in [-0.4, -0.2) is 25.7 Å². The van der Waals surface area contributed by atoms with Gasteiger partial charge in [-0.15, -0.1) is 0 Å². The van der Waals surface area contributed by atoms with Gasteiger partial charge in [0.05, 0.1) is 0 Å². The van der Waals surface area contributed by atoms with E-state index in [9.17, 15) is 0 Å². The molecule has 0 heterocycles. The van der Waals surface area contributed by atoms with E-state index in [2.05, 4.69) is 42.7 Å². The van der Waals surface area contributed by atoms with Crippen molar-refractivity contribution in [2.45, 2.75) is 52.4 Å². The van der Waals surface area contributed by atoms with Gasteiger partial charge in [-0.1, -0.05) is 0 Å². The SMILES string of the molecule is CCCCCCCCP(C)(C)(Br)CC. The predicted octanol–water partition coefficient (Wildman–Crippen LogP) is 5.49. The molecule has 0 aliphatic heterocycles. The first kappa shape index (κ1) is 14.9. The second-order valence-electron chi connectivity index (χ2n) is 5.32. The summed E-state index contributed by atoms with van der Waals surface area (Å²) >= 11 is 4.00. The molecule has 0 aromatic rings. The van der Waals surface area contributed by atoms with E-state index in [0.29, 0.717) is 0 Å². The molecule has 0 bridgehead atoms. The Balaban J connectivity index is 3.45. The fourth-order valence-electron chi connectivity index (χ4n) is 1.54. The van der Waals surface area contributed by atoms with Crippen molar-refractivity contribution in [3.8, 4) is 0 Å². The summed E-state index contributed by atoms with van der Waals surface area (Å²) in [6.45, 7) is 9.51. The Hall–Kier alpha value is 0.910. The molecular formula is C12H28BrP. The van der Waals surface area contributed by atoms with Gasteiger partial charge in [-0.05, 0) is 0 Å². The Labute approximate surface area is 98.9 Å². The van der Waals surface area contributed by atoms with Crippen LogP contribution < -0.4 is 0 Å². The average molecular weight is 283 g/mol. The van der Waals surface area contributed by atoms with E-state index in [-0.39, 0.29) is 0 Å². The van der Waals surface area contributed by atoms with Crippen LogP contribution in [0.15, 0.2) is 0 Å². The molecule has 0 aliphatic carbocycles. The maximum absolute atomic E-state index is 4.00. The van der Waals surface area contributed by atoms with Crippen LogP contribution in [0.1, 0.15) is 52.4 Å². The van der Waals surface area contributed by atoms with Crippen molar-refractivity contribution in [3.05, 3.63) is 0 Å². The van der Waals surface area contributed by atoms with Crippen molar-refractivity contribution in [1.82, 2.24) is 0 Å². The molecule has 0 radical (unpaired) electrons. The van der Waals surface area contributed by atoms with E-state index in [1.165, 1.54) is 50.8 Å². The Bertz CT molecular complexity index is 146. The van der Waals surface area contributed by atoms with E-state index in [0.717, 1.165) is 0 Å². The summed E-state index contributed by atoms with van der Waals surface area (Å²) in [4.78, 5) is 0. The van der Waals surface area contributed by atoms with Crippen LogP contribution in [-0.2, 0) is 0 Å². The van der Waals surface area contributed by atoms with Gasteiger partial charge in [0.1, 0.15) is 0 Å². The van der Waals surface area contributed by atoms with Crippen molar-refractivity contribution in [1.29, 1.82) is 0 Å². The third-order valence-corrected chi connectivity index (χ3v) is 9.39. The molecule has 0 spiro atoms. The van der Waals surface area contributed by atoms with Crippen LogP contribution in [0.4, 0.5) is 0 Å². The summed E-state index contributed by atoms with van der Waals surface area (Å²) in [6.07, 6.45) is 11.3. The summed E-state index contributed by atoms with van der Waals surface area (Å²) in [5.74, 6) is 0. The monoisotopic (exact) mass is 282 g/mol. The van der Waals surface area contributed by atoms with Gasteiger partial charge in [0.15, 0.2) is 0 Å². The fraction of sp³-hybridized carbons (Fsp3) is 1.00. The Morgan fingerprint density at radius 3 is 1.86 bits per heavy atom. The van der Waals surface area contributed by atoms with Crippen LogP contribution in [0.2, 0.25) is 0 Å². The third kappa shape index (κ3) is 8.24. The van der Waals surface area contributed by atoms with Gasteiger partial charge < -0.3 is 0 Å². The number of hydrogen-bond acceptors (Lipinski definition) is 0. The van der Waals surface area contributed by atoms with Gasteiger partial charge in [0, 0.05) is 0 Å². The van der Waals surface area contributed by atoms with Crippen LogP contribution >= 0.6 is 20.8 Å². The molecule has 0 saturated heterocycles. The molecule has 0 atom stereocenters. The molecule has 88 valence electrons. The van der Waals surface area contributed by atoms with Gasteiger partial charge in [-0.3, -0.25) is 0 Å². The summed E-state index contributed by atoms with van der Waals surface area (Å²) in [5.41, 5.74) is 0. The Kier molecular flexibility index (Phi) is 6.90. The zero-order valence-corrected chi connectivity index (χ0v) is 13.0. The van der Waals surface area contributed by atoms with E-state index in [1.54, 1.807) is 0 Å². The van der Waals surface area contributed by atoms with Crippen molar-refractivity contribution >= 4 is 20.8 Å². The Morgan fingerprint density at radius 1 is 0.857 bits per heavy atom. The zero-order valence-electron chi connectivity index (χ0n) is 10.5. The molecule has 0 rings (SSSR count). The number of halogens is 1. The number of unbranched alkanes of at least 4 members (excludes halogenated alkanes) is 5. The minimum absolute atomic E-state index is 1.33. The first-order valence-electron chi connectivity index (χ1n) is 6.11. The standard InChI is InChI=1S/C12H28BrP/c1-5-7-8-9-10-11-12-14(3,4,13)6-2/h5-12H2,1-4H3.